The number of anilines is 1. The molecule has 1 aromatic heterocycles. The second kappa shape index (κ2) is 15.5. The maximum absolute atomic E-state index is 14.6. The zero-order valence-corrected chi connectivity index (χ0v) is 26.3. The van der Waals surface area contributed by atoms with E-state index in [1.165, 1.54) is 6.33 Å². The summed E-state index contributed by atoms with van der Waals surface area (Å²) in [7, 11) is 1.84. The molecular formula is C36H43N5O4. The third-order valence-corrected chi connectivity index (χ3v) is 8.23. The normalized spacial score (nSPS) is 15.7. The molecule has 45 heavy (non-hydrogen) atoms. The number of amides is 1. The molecule has 0 saturated carbocycles. The largest absolute Gasteiger partial charge is 0.493 e. The van der Waals surface area contributed by atoms with E-state index < -0.39 is 6.04 Å². The topological polar surface area (TPSA) is 106 Å². The Morgan fingerprint density at radius 2 is 1.67 bits per heavy atom. The highest BCUT2D eigenvalue weighted by Crippen LogP contribution is 2.32. The number of benzene rings is 3. The second-order valence-electron chi connectivity index (χ2n) is 11.7. The van der Waals surface area contributed by atoms with Gasteiger partial charge in [-0.15, -0.1) is 0 Å². The van der Waals surface area contributed by atoms with Crippen LogP contribution in [0.1, 0.15) is 56.6 Å². The van der Waals surface area contributed by atoms with Crippen LogP contribution >= 0.6 is 0 Å². The minimum absolute atomic E-state index is 0.0169. The van der Waals surface area contributed by atoms with Crippen LogP contribution < -0.4 is 15.4 Å². The summed E-state index contributed by atoms with van der Waals surface area (Å²) in [5.74, 6) is 0.805. The van der Waals surface area contributed by atoms with Crippen LogP contribution in [0.2, 0.25) is 0 Å². The number of hydrogen-bond acceptors (Lipinski definition) is 8. The fourth-order valence-corrected chi connectivity index (χ4v) is 6.15. The zero-order chi connectivity index (χ0) is 31.6. The minimum atomic E-state index is -0.669. The molecule has 2 atom stereocenters. The van der Waals surface area contributed by atoms with Gasteiger partial charge in [0.1, 0.15) is 17.9 Å². The number of likely N-dealkylation sites (tertiary alicyclic amines) is 1. The molecule has 5 rings (SSSR count). The number of ether oxygens (including phenoxy) is 2. The molecule has 0 bridgehead atoms. The number of fused-ring (bicyclic) bond motifs is 1. The molecule has 1 fully saturated rings. The lowest BCUT2D eigenvalue weighted by Gasteiger charge is -2.40. The van der Waals surface area contributed by atoms with Crippen molar-refractivity contribution in [1.29, 1.82) is 0 Å². The van der Waals surface area contributed by atoms with Gasteiger partial charge in [0.15, 0.2) is 0 Å². The molecule has 0 radical (unpaired) electrons. The summed E-state index contributed by atoms with van der Waals surface area (Å²) < 4.78 is 11.6. The van der Waals surface area contributed by atoms with E-state index in [2.05, 4.69) is 20.6 Å². The van der Waals surface area contributed by atoms with Gasteiger partial charge in [0.2, 0.25) is 5.91 Å². The van der Waals surface area contributed by atoms with E-state index in [9.17, 15) is 9.59 Å². The SMILES string of the molecule is CNc1ncnc2cc(OCCC3CCCCN3C(=O)C(NCC(=O)OC(C)C)C(c3ccccc3)c3ccccc3)ccc12. The van der Waals surface area contributed by atoms with Gasteiger partial charge in [0.05, 0.1) is 30.8 Å². The molecule has 3 aromatic carbocycles. The van der Waals surface area contributed by atoms with Crippen molar-refractivity contribution in [2.45, 2.75) is 63.6 Å². The van der Waals surface area contributed by atoms with E-state index in [1.807, 2.05) is 105 Å². The standard InChI is InChI=1S/C36H43N5O4/c1-25(2)45-32(42)23-38-34(33(26-12-6-4-7-13-26)27-14-8-5-9-15-27)36(43)41-20-11-10-16-28(41)19-21-44-29-17-18-30-31(22-29)39-24-40-35(30)37-3/h4-9,12-15,17-18,22,24-25,28,33-34,38H,10-11,16,19-21,23H2,1-3H3,(H,37,39,40). The van der Waals surface area contributed by atoms with Crippen LogP contribution in [0, 0.1) is 0 Å². The Morgan fingerprint density at radius 3 is 2.33 bits per heavy atom. The molecule has 1 saturated heterocycles. The summed E-state index contributed by atoms with van der Waals surface area (Å²) in [6, 6.07) is 25.2. The lowest BCUT2D eigenvalue weighted by Crippen LogP contribution is -2.55. The lowest BCUT2D eigenvalue weighted by molar-refractivity contribution is -0.146. The van der Waals surface area contributed by atoms with Gasteiger partial charge in [-0.3, -0.25) is 14.9 Å². The summed E-state index contributed by atoms with van der Waals surface area (Å²) in [6.45, 7) is 4.71. The molecule has 4 aromatic rings. The van der Waals surface area contributed by atoms with Crippen LogP contribution in [0.15, 0.2) is 85.2 Å². The van der Waals surface area contributed by atoms with E-state index in [0.29, 0.717) is 19.6 Å². The number of piperidine rings is 1. The Morgan fingerprint density at radius 1 is 0.956 bits per heavy atom. The van der Waals surface area contributed by atoms with Crippen molar-refractivity contribution in [3.8, 4) is 5.75 Å². The van der Waals surface area contributed by atoms with Gasteiger partial charge in [-0.05, 0) is 56.4 Å². The van der Waals surface area contributed by atoms with Crippen molar-refractivity contribution in [1.82, 2.24) is 20.2 Å². The lowest BCUT2D eigenvalue weighted by atomic mass is 9.83. The Bertz CT molecular complexity index is 1510. The highest BCUT2D eigenvalue weighted by atomic mass is 16.5. The third kappa shape index (κ3) is 8.16. The van der Waals surface area contributed by atoms with E-state index in [0.717, 1.165) is 52.9 Å². The number of aromatic nitrogens is 2. The van der Waals surface area contributed by atoms with Gasteiger partial charge >= 0.3 is 5.97 Å². The first-order chi connectivity index (χ1) is 21.9. The van der Waals surface area contributed by atoms with E-state index >= 15 is 0 Å². The van der Waals surface area contributed by atoms with Crippen LogP contribution in [-0.2, 0) is 14.3 Å². The van der Waals surface area contributed by atoms with Crippen molar-refractivity contribution in [3.63, 3.8) is 0 Å². The molecule has 2 unspecified atom stereocenters. The van der Waals surface area contributed by atoms with Gasteiger partial charge in [-0.2, -0.15) is 0 Å². The summed E-state index contributed by atoms with van der Waals surface area (Å²) >= 11 is 0. The number of nitrogens with one attached hydrogen (secondary N) is 2. The molecule has 2 N–H and O–H groups in total. The van der Waals surface area contributed by atoms with Gasteiger partial charge in [0.25, 0.3) is 0 Å². The first-order valence-corrected chi connectivity index (χ1v) is 15.8. The first-order valence-electron chi connectivity index (χ1n) is 15.8. The predicted molar refractivity (Wildman–Crippen MR) is 176 cm³/mol. The average molecular weight is 610 g/mol. The minimum Gasteiger partial charge on any atom is -0.493 e. The molecule has 0 aliphatic carbocycles. The third-order valence-electron chi connectivity index (χ3n) is 8.23. The van der Waals surface area contributed by atoms with Crippen molar-refractivity contribution in [3.05, 3.63) is 96.3 Å². The molecule has 2 heterocycles. The van der Waals surface area contributed by atoms with Crippen LogP contribution in [-0.4, -0.2) is 71.7 Å². The fourth-order valence-electron chi connectivity index (χ4n) is 6.15. The Hall–Kier alpha value is -4.50. The summed E-state index contributed by atoms with van der Waals surface area (Å²) in [5.41, 5.74) is 2.81. The van der Waals surface area contributed by atoms with Crippen molar-refractivity contribution in [2.75, 3.05) is 32.1 Å². The van der Waals surface area contributed by atoms with Crippen LogP contribution in [0.4, 0.5) is 5.82 Å². The molecule has 1 aliphatic rings. The maximum atomic E-state index is 14.6. The van der Waals surface area contributed by atoms with Gasteiger partial charge < -0.3 is 19.7 Å². The molecule has 1 aliphatic heterocycles. The second-order valence-corrected chi connectivity index (χ2v) is 11.7. The van der Waals surface area contributed by atoms with Crippen molar-refractivity contribution in [2.24, 2.45) is 0 Å². The summed E-state index contributed by atoms with van der Waals surface area (Å²) in [4.78, 5) is 38.0. The first kappa shape index (κ1) is 31.9. The fraction of sp³-hybridized carbons (Fsp3) is 0.389. The quantitative estimate of drug-likeness (QED) is 0.190. The average Bonchev–Trinajstić information content (AvgIpc) is 3.06. The van der Waals surface area contributed by atoms with Crippen LogP contribution in [0.25, 0.3) is 10.9 Å². The molecule has 236 valence electrons. The highest BCUT2D eigenvalue weighted by Gasteiger charge is 2.37. The highest BCUT2D eigenvalue weighted by molar-refractivity contribution is 5.89. The van der Waals surface area contributed by atoms with E-state index in [1.54, 1.807) is 0 Å². The monoisotopic (exact) mass is 609 g/mol. The number of carbonyl (C=O) groups is 2. The number of carbonyl (C=O) groups excluding carboxylic acids is 2. The molecule has 0 spiro atoms. The number of nitrogens with zero attached hydrogens (tertiary/aromatic N) is 3. The summed E-state index contributed by atoms with van der Waals surface area (Å²) in [5, 5.41) is 7.35. The van der Waals surface area contributed by atoms with Gasteiger partial charge in [-0.25, -0.2) is 9.97 Å². The van der Waals surface area contributed by atoms with Crippen molar-refractivity contribution < 1.29 is 19.1 Å². The number of esters is 1. The maximum Gasteiger partial charge on any atom is 0.320 e. The smallest absolute Gasteiger partial charge is 0.320 e. The number of rotatable bonds is 13. The molecular weight excluding hydrogens is 566 g/mol. The van der Waals surface area contributed by atoms with Gasteiger partial charge in [-0.1, -0.05) is 60.7 Å². The molecule has 1 amide bonds. The Balaban J connectivity index is 1.36. The summed E-state index contributed by atoms with van der Waals surface area (Å²) in [6.07, 6.45) is 4.88. The molecule has 9 heteroatoms. The zero-order valence-electron chi connectivity index (χ0n) is 26.3. The van der Waals surface area contributed by atoms with Crippen LogP contribution in [0.5, 0.6) is 5.75 Å². The van der Waals surface area contributed by atoms with Gasteiger partial charge in [0, 0.05) is 43.4 Å². The Labute approximate surface area is 265 Å². The van der Waals surface area contributed by atoms with Crippen molar-refractivity contribution >= 4 is 28.6 Å². The van der Waals surface area contributed by atoms with Crippen LogP contribution in [0.3, 0.4) is 0 Å². The molecule has 9 nitrogen and oxygen atoms in total. The predicted octanol–water partition coefficient (Wildman–Crippen LogP) is 5.56. The Kier molecular flexibility index (Phi) is 11.0. The number of hydrogen-bond donors (Lipinski definition) is 2. The van der Waals surface area contributed by atoms with E-state index in [4.69, 9.17) is 9.47 Å². The van der Waals surface area contributed by atoms with E-state index in [-0.39, 0.29) is 36.5 Å².